The zero-order valence-electron chi connectivity index (χ0n) is 7.47. The van der Waals surface area contributed by atoms with E-state index >= 15 is 0 Å². The highest BCUT2D eigenvalue weighted by atomic mass is 35.5. The van der Waals surface area contributed by atoms with Crippen molar-refractivity contribution in [2.24, 2.45) is 0 Å². The molecule has 3 nitrogen and oxygen atoms in total. The van der Waals surface area contributed by atoms with Crippen LogP contribution in [0, 0.1) is 17.1 Å². The van der Waals surface area contributed by atoms with Gasteiger partial charge in [-0.2, -0.15) is 5.26 Å². The van der Waals surface area contributed by atoms with E-state index in [1.54, 1.807) is 0 Å². The van der Waals surface area contributed by atoms with Crippen LogP contribution in [0.5, 0.6) is 5.75 Å². The van der Waals surface area contributed by atoms with Crippen molar-refractivity contribution < 1.29 is 9.13 Å². The van der Waals surface area contributed by atoms with Crippen LogP contribution < -0.4 is 10.1 Å². The number of anilines is 1. The summed E-state index contributed by atoms with van der Waals surface area (Å²) in [4.78, 5) is 0. The Morgan fingerprint density at radius 3 is 2.93 bits per heavy atom. The largest absolute Gasteiger partial charge is 0.495 e. The first kappa shape index (κ1) is 10.6. The molecular weight excluding hydrogens is 207 g/mol. The quantitative estimate of drug-likeness (QED) is 0.786. The second-order valence-corrected chi connectivity index (χ2v) is 2.89. The van der Waals surface area contributed by atoms with Gasteiger partial charge in [0.15, 0.2) is 0 Å². The summed E-state index contributed by atoms with van der Waals surface area (Å²) in [5, 5.41) is 11.1. The molecule has 0 aliphatic rings. The van der Waals surface area contributed by atoms with Crippen LogP contribution >= 0.6 is 11.6 Å². The summed E-state index contributed by atoms with van der Waals surface area (Å²) in [7, 11) is 1.44. The Kier molecular flexibility index (Phi) is 3.55. The summed E-state index contributed by atoms with van der Waals surface area (Å²) in [6, 6.07) is 4.39. The molecular formula is C9H8ClFN2O. The van der Waals surface area contributed by atoms with Gasteiger partial charge in [-0.15, -0.1) is 0 Å². The second-order valence-electron chi connectivity index (χ2n) is 2.48. The highest BCUT2D eigenvalue weighted by Crippen LogP contribution is 2.29. The van der Waals surface area contributed by atoms with E-state index in [1.807, 2.05) is 6.07 Å². The molecule has 0 unspecified atom stereocenters. The normalized spacial score (nSPS) is 9.29. The lowest BCUT2D eigenvalue weighted by molar-refractivity contribution is 0.414. The molecule has 0 bridgehead atoms. The maximum atomic E-state index is 13.2. The number of halogens is 2. The van der Waals surface area contributed by atoms with E-state index in [9.17, 15) is 4.39 Å². The first-order valence-electron chi connectivity index (χ1n) is 3.83. The standard InChI is InChI=1S/C9H8ClFN2O/c1-14-9-5-8(13-3-2-12)7(11)4-6(9)10/h4-5,13H,3H2,1H3. The molecule has 1 N–H and O–H groups in total. The van der Waals surface area contributed by atoms with Crippen LogP contribution in [0.15, 0.2) is 12.1 Å². The number of hydrogen-bond acceptors (Lipinski definition) is 3. The van der Waals surface area contributed by atoms with Crippen molar-refractivity contribution in [2.45, 2.75) is 0 Å². The van der Waals surface area contributed by atoms with Gasteiger partial charge in [-0.25, -0.2) is 4.39 Å². The molecule has 0 fully saturated rings. The van der Waals surface area contributed by atoms with Crippen LogP contribution in [0.25, 0.3) is 0 Å². The van der Waals surface area contributed by atoms with Crippen LogP contribution in [0.1, 0.15) is 0 Å². The van der Waals surface area contributed by atoms with Gasteiger partial charge in [0.2, 0.25) is 0 Å². The predicted molar refractivity (Wildman–Crippen MR) is 52.1 cm³/mol. The first-order valence-corrected chi connectivity index (χ1v) is 4.20. The van der Waals surface area contributed by atoms with E-state index in [-0.39, 0.29) is 17.3 Å². The number of benzene rings is 1. The van der Waals surface area contributed by atoms with Gasteiger partial charge in [-0.05, 0) is 6.07 Å². The third-order valence-electron chi connectivity index (χ3n) is 1.60. The van der Waals surface area contributed by atoms with Gasteiger partial charge in [-0.1, -0.05) is 11.6 Å². The zero-order chi connectivity index (χ0) is 10.6. The van der Waals surface area contributed by atoms with Gasteiger partial charge in [0, 0.05) is 6.07 Å². The van der Waals surface area contributed by atoms with Crippen LogP contribution in [0.3, 0.4) is 0 Å². The minimum atomic E-state index is -0.508. The molecule has 0 heterocycles. The van der Waals surface area contributed by atoms with E-state index in [1.165, 1.54) is 13.2 Å². The van der Waals surface area contributed by atoms with Crippen LogP contribution in [0.2, 0.25) is 5.02 Å². The van der Waals surface area contributed by atoms with Gasteiger partial charge in [-0.3, -0.25) is 0 Å². The average Bonchev–Trinajstić information content (AvgIpc) is 2.17. The molecule has 0 aromatic heterocycles. The fourth-order valence-corrected chi connectivity index (χ4v) is 1.18. The van der Waals surface area contributed by atoms with Crippen LogP contribution in [0.4, 0.5) is 10.1 Å². The molecule has 0 aliphatic carbocycles. The molecule has 0 saturated heterocycles. The molecule has 0 radical (unpaired) electrons. The van der Waals surface area contributed by atoms with Crippen molar-refractivity contribution in [3.63, 3.8) is 0 Å². The monoisotopic (exact) mass is 214 g/mol. The second kappa shape index (κ2) is 4.68. The smallest absolute Gasteiger partial charge is 0.148 e. The van der Waals surface area contributed by atoms with Crippen molar-refractivity contribution >= 4 is 17.3 Å². The average molecular weight is 215 g/mol. The molecule has 0 atom stereocenters. The highest BCUT2D eigenvalue weighted by molar-refractivity contribution is 6.32. The summed E-state index contributed by atoms with van der Waals surface area (Å²) >= 11 is 5.68. The zero-order valence-corrected chi connectivity index (χ0v) is 8.23. The van der Waals surface area contributed by atoms with Crippen molar-refractivity contribution in [2.75, 3.05) is 19.0 Å². The number of hydrogen-bond donors (Lipinski definition) is 1. The minimum absolute atomic E-state index is 0.0295. The third kappa shape index (κ3) is 2.27. The van der Waals surface area contributed by atoms with Crippen molar-refractivity contribution in [1.82, 2.24) is 0 Å². The SMILES string of the molecule is COc1cc(NCC#N)c(F)cc1Cl. The van der Waals surface area contributed by atoms with Gasteiger partial charge in [0.1, 0.15) is 18.1 Å². The van der Waals surface area contributed by atoms with E-state index in [4.69, 9.17) is 21.6 Å². The van der Waals surface area contributed by atoms with Crippen molar-refractivity contribution in [3.8, 4) is 11.8 Å². The summed E-state index contributed by atoms with van der Waals surface area (Å²) in [5.74, 6) is -0.139. The maximum Gasteiger partial charge on any atom is 0.148 e. The summed E-state index contributed by atoms with van der Waals surface area (Å²) in [6.45, 7) is 0.0295. The summed E-state index contributed by atoms with van der Waals surface area (Å²) < 4.78 is 18.1. The van der Waals surface area contributed by atoms with Gasteiger partial charge in [0.05, 0.1) is 23.9 Å². The summed E-state index contributed by atoms with van der Waals surface area (Å²) in [6.07, 6.45) is 0. The maximum absolute atomic E-state index is 13.2. The minimum Gasteiger partial charge on any atom is -0.495 e. The number of rotatable bonds is 3. The van der Waals surface area contributed by atoms with Gasteiger partial charge >= 0.3 is 0 Å². The molecule has 0 saturated carbocycles. The molecule has 0 aliphatic heterocycles. The number of ether oxygens (including phenoxy) is 1. The molecule has 1 rings (SSSR count). The Labute approximate surface area is 86.1 Å². The number of methoxy groups -OCH3 is 1. The Morgan fingerprint density at radius 2 is 2.36 bits per heavy atom. The Bertz CT molecular complexity index is 376. The first-order chi connectivity index (χ1) is 6.69. The molecule has 1 aromatic carbocycles. The highest BCUT2D eigenvalue weighted by Gasteiger charge is 2.08. The van der Waals surface area contributed by atoms with Crippen LogP contribution in [-0.4, -0.2) is 13.7 Å². The molecule has 0 amide bonds. The third-order valence-corrected chi connectivity index (χ3v) is 1.89. The number of nitrogens with one attached hydrogen (secondary N) is 1. The molecule has 14 heavy (non-hydrogen) atoms. The van der Waals surface area contributed by atoms with Crippen molar-refractivity contribution in [3.05, 3.63) is 23.0 Å². The van der Waals surface area contributed by atoms with E-state index in [0.717, 1.165) is 6.07 Å². The lowest BCUT2D eigenvalue weighted by atomic mass is 10.3. The molecule has 5 heteroatoms. The molecule has 1 aromatic rings. The Hall–Kier alpha value is -1.47. The number of nitrogens with zero attached hydrogens (tertiary/aromatic N) is 1. The summed E-state index contributed by atoms with van der Waals surface area (Å²) in [5.41, 5.74) is 0.202. The predicted octanol–water partition coefficient (Wildman–Crippen LogP) is 2.42. The van der Waals surface area contributed by atoms with E-state index < -0.39 is 5.82 Å². The van der Waals surface area contributed by atoms with Crippen molar-refractivity contribution in [1.29, 1.82) is 5.26 Å². The van der Waals surface area contributed by atoms with E-state index in [0.29, 0.717) is 5.75 Å². The van der Waals surface area contributed by atoms with Gasteiger partial charge < -0.3 is 10.1 Å². The Morgan fingerprint density at radius 1 is 1.64 bits per heavy atom. The Balaban J connectivity index is 2.99. The molecule has 0 spiro atoms. The number of nitriles is 1. The van der Waals surface area contributed by atoms with Crippen LogP contribution in [-0.2, 0) is 0 Å². The lowest BCUT2D eigenvalue weighted by Gasteiger charge is -2.08. The fraction of sp³-hybridized carbons (Fsp3) is 0.222. The topological polar surface area (TPSA) is 45.0 Å². The fourth-order valence-electron chi connectivity index (χ4n) is 0.956. The van der Waals surface area contributed by atoms with Gasteiger partial charge in [0.25, 0.3) is 0 Å². The molecule has 74 valence electrons. The lowest BCUT2D eigenvalue weighted by Crippen LogP contribution is -2.01. The van der Waals surface area contributed by atoms with E-state index in [2.05, 4.69) is 5.32 Å².